The molecule has 2 unspecified atom stereocenters. The smallest absolute Gasteiger partial charge is 0.150 e. The Bertz CT molecular complexity index is 323. The lowest BCUT2D eigenvalue weighted by Crippen LogP contribution is -2.42. The number of sulfone groups is 1. The van der Waals surface area contributed by atoms with E-state index in [1.807, 2.05) is 0 Å². The van der Waals surface area contributed by atoms with Crippen LogP contribution in [0.15, 0.2) is 0 Å². The van der Waals surface area contributed by atoms with Crippen LogP contribution in [-0.2, 0) is 9.84 Å². The van der Waals surface area contributed by atoms with Gasteiger partial charge in [0.05, 0.1) is 11.5 Å². The topological polar surface area (TPSA) is 72.2 Å². The van der Waals surface area contributed by atoms with Gasteiger partial charge in [0, 0.05) is 6.04 Å². The molecule has 1 aliphatic carbocycles. The third kappa shape index (κ3) is 2.96. The number of hydrogen-bond donors (Lipinski definition) is 2. The summed E-state index contributed by atoms with van der Waals surface area (Å²) in [7, 11) is -2.78. The molecule has 5 heteroatoms. The van der Waals surface area contributed by atoms with Gasteiger partial charge >= 0.3 is 0 Å². The van der Waals surface area contributed by atoms with E-state index >= 15 is 0 Å². The standard InChI is InChI=1S/C11H22N2O2S/c12-13-11(7-9-3-1-2-4-9)10-5-6-16(14,15)8-10/h9-11,13H,1-8,12H2. The molecule has 0 bridgehead atoms. The SMILES string of the molecule is NNC(CC1CCCC1)C1CCS(=O)(=O)C1. The molecule has 0 aromatic heterocycles. The second kappa shape index (κ2) is 5.02. The van der Waals surface area contributed by atoms with Gasteiger partial charge in [0.25, 0.3) is 0 Å². The van der Waals surface area contributed by atoms with E-state index in [0.29, 0.717) is 11.5 Å². The van der Waals surface area contributed by atoms with Crippen molar-refractivity contribution >= 4 is 9.84 Å². The third-order valence-corrected chi connectivity index (χ3v) is 5.91. The van der Waals surface area contributed by atoms with Gasteiger partial charge < -0.3 is 0 Å². The Balaban J connectivity index is 1.89. The van der Waals surface area contributed by atoms with E-state index in [4.69, 9.17) is 5.84 Å². The first-order valence-corrected chi connectivity index (χ1v) is 8.09. The van der Waals surface area contributed by atoms with Gasteiger partial charge in [-0.05, 0) is 24.7 Å². The summed E-state index contributed by atoms with van der Waals surface area (Å²) in [6, 6.07) is 0.195. The highest BCUT2D eigenvalue weighted by Crippen LogP contribution is 2.32. The monoisotopic (exact) mass is 246 g/mol. The number of rotatable bonds is 4. The molecule has 1 aliphatic heterocycles. The molecule has 3 N–H and O–H groups in total. The lowest BCUT2D eigenvalue weighted by atomic mass is 9.90. The molecule has 1 heterocycles. The van der Waals surface area contributed by atoms with Crippen molar-refractivity contribution in [3.63, 3.8) is 0 Å². The van der Waals surface area contributed by atoms with Crippen molar-refractivity contribution in [2.24, 2.45) is 17.7 Å². The fourth-order valence-corrected chi connectivity index (χ4v) is 5.02. The Kier molecular flexibility index (Phi) is 3.87. The lowest BCUT2D eigenvalue weighted by molar-refractivity contribution is 0.313. The number of hydrazine groups is 1. The largest absolute Gasteiger partial charge is 0.271 e. The molecule has 16 heavy (non-hydrogen) atoms. The van der Waals surface area contributed by atoms with Crippen molar-refractivity contribution in [3.8, 4) is 0 Å². The minimum atomic E-state index is -2.78. The van der Waals surface area contributed by atoms with Gasteiger partial charge in [-0.3, -0.25) is 11.3 Å². The van der Waals surface area contributed by atoms with Gasteiger partial charge in [-0.1, -0.05) is 25.7 Å². The maximum absolute atomic E-state index is 11.4. The first kappa shape index (κ1) is 12.3. The van der Waals surface area contributed by atoms with Gasteiger partial charge in [0.1, 0.15) is 0 Å². The molecule has 2 rings (SSSR count). The minimum Gasteiger partial charge on any atom is -0.271 e. The highest BCUT2D eigenvalue weighted by atomic mass is 32.2. The second-order valence-electron chi connectivity index (χ2n) is 5.32. The fourth-order valence-electron chi connectivity index (χ4n) is 3.14. The van der Waals surface area contributed by atoms with E-state index in [1.54, 1.807) is 0 Å². The van der Waals surface area contributed by atoms with Crippen LogP contribution >= 0.6 is 0 Å². The Hall–Kier alpha value is -0.130. The molecule has 94 valence electrons. The van der Waals surface area contributed by atoms with Crippen LogP contribution in [0.25, 0.3) is 0 Å². The quantitative estimate of drug-likeness (QED) is 0.569. The summed E-state index contributed by atoms with van der Waals surface area (Å²) in [5, 5.41) is 0. The average molecular weight is 246 g/mol. The summed E-state index contributed by atoms with van der Waals surface area (Å²) in [6.45, 7) is 0. The summed E-state index contributed by atoms with van der Waals surface area (Å²) < 4.78 is 22.9. The summed E-state index contributed by atoms with van der Waals surface area (Å²) >= 11 is 0. The maximum atomic E-state index is 11.4. The van der Waals surface area contributed by atoms with Crippen LogP contribution in [0.2, 0.25) is 0 Å². The number of hydrogen-bond acceptors (Lipinski definition) is 4. The molecule has 2 atom stereocenters. The summed E-state index contributed by atoms with van der Waals surface area (Å²) in [6.07, 6.45) is 7.06. The van der Waals surface area contributed by atoms with E-state index in [2.05, 4.69) is 5.43 Å². The van der Waals surface area contributed by atoms with Gasteiger partial charge in [0.2, 0.25) is 0 Å². The van der Waals surface area contributed by atoms with Crippen molar-refractivity contribution in [2.75, 3.05) is 11.5 Å². The van der Waals surface area contributed by atoms with Crippen LogP contribution < -0.4 is 11.3 Å². The molecule has 4 nitrogen and oxygen atoms in total. The zero-order chi connectivity index (χ0) is 11.6. The molecule has 0 aromatic carbocycles. The minimum absolute atomic E-state index is 0.195. The fraction of sp³-hybridized carbons (Fsp3) is 1.00. The molecule has 2 fully saturated rings. The molecular weight excluding hydrogens is 224 g/mol. The van der Waals surface area contributed by atoms with E-state index in [9.17, 15) is 8.42 Å². The van der Waals surface area contributed by atoms with Crippen LogP contribution in [0.4, 0.5) is 0 Å². The van der Waals surface area contributed by atoms with Gasteiger partial charge in [-0.15, -0.1) is 0 Å². The first-order chi connectivity index (χ1) is 7.61. The molecule has 1 saturated heterocycles. The van der Waals surface area contributed by atoms with E-state index in [1.165, 1.54) is 25.7 Å². The Labute approximate surface area is 97.9 Å². The Morgan fingerprint density at radius 3 is 2.44 bits per heavy atom. The van der Waals surface area contributed by atoms with Crippen molar-refractivity contribution in [1.29, 1.82) is 0 Å². The second-order valence-corrected chi connectivity index (χ2v) is 7.55. The van der Waals surface area contributed by atoms with Crippen LogP contribution in [0.5, 0.6) is 0 Å². The average Bonchev–Trinajstić information content (AvgIpc) is 2.83. The molecular formula is C11H22N2O2S. The van der Waals surface area contributed by atoms with E-state index < -0.39 is 9.84 Å². The molecule has 0 radical (unpaired) electrons. The maximum Gasteiger partial charge on any atom is 0.150 e. The highest BCUT2D eigenvalue weighted by Gasteiger charge is 2.34. The molecule has 0 aromatic rings. The van der Waals surface area contributed by atoms with E-state index in [0.717, 1.165) is 18.8 Å². The summed E-state index contributed by atoms with van der Waals surface area (Å²) in [5.41, 5.74) is 2.84. The van der Waals surface area contributed by atoms with Crippen LogP contribution in [-0.4, -0.2) is 26.0 Å². The molecule has 0 spiro atoms. The normalized spacial score (nSPS) is 31.9. The third-order valence-electron chi connectivity index (χ3n) is 4.11. The summed E-state index contributed by atoms with van der Waals surface area (Å²) in [4.78, 5) is 0. The Morgan fingerprint density at radius 1 is 1.25 bits per heavy atom. The van der Waals surface area contributed by atoms with Gasteiger partial charge in [-0.25, -0.2) is 8.42 Å². The number of nitrogens with two attached hydrogens (primary N) is 1. The summed E-state index contributed by atoms with van der Waals surface area (Å²) in [5.74, 6) is 7.24. The number of nitrogens with one attached hydrogen (secondary N) is 1. The van der Waals surface area contributed by atoms with Crippen LogP contribution in [0, 0.1) is 11.8 Å². The van der Waals surface area contributed by atoms with Crippen LogP contribution in [0.3, 0.4) is 0 Å². The zero-order valence-corrected chi connectivity index (χ0v) is 10.5. The van der Waals surface area contributed by atoms with Crippen molar-refractivity contribution < 1.29 is 8.42 Å². The van der Waals surface area contributed by atoms with Crippen LogP contribution in [0.1, 0.15) is 38.5 Å². The molecule has 0 amide bonds. The molecule has 1 saturated carbocycles. The van der Waals surface area contributed by atoms with Gasteiger partial charge in [-0.2, -0.15) is 0 Å². The first-order valence-electron chi connectivity index (χ1n) is 6.27. The highest BCUT2D eigenvalue weighted by molar-refractivity contribution is 7.91. The predicted octanol–water partition coefficient (Wildman–Crippen LogP) is 0.833. The lowest BCUT2D eigenvalue weighted by Gasteiger charge is -2.24. The predicted molar refractivity (Wildman–Crippen MR) is 64.4 cm³/mol. The van der Waals surface area contributed by atoms with Crippen molar-refractivity contribution in [3.05, 3.63) is 0 Å². The zero-order valence-electron chi connectivity index (χ0n) is 9.69. The van der Waals surface area contributed by atoms with Gasteiger partial charge in [0.15, 0.2) is 9.84 Å². The Morgan fingerprint density at radius 2 is 1.94 bits per heavy atom. The van der Waals surface area contributed by atoms with Crippen molar-refractivity contribution in [2.45, 2.75) is 44.6 Å². The van der Waals surface area contributed by atoms with Crippen molar-refractivity contribution in [1.82, 2.24) is 5.43 Å². The molecule has 2 aliphatic rings. The van der Waals surface area contributed by atoms with E-state index in [-0.39, 0.29) is 12.0 Å².